The normalized spacial score (nSPS) is 9.63. The second kappa shape index (κ2) is 14.5. The van der Waals surface area contributed by atoms with E-state index < -0.39 is 5.97 Å². The molecule has 4 nitrogen and oxygen atoms in total. The van der Waals surface area contributed by atoms with Crippen LogP contribution in [0, 0.1) is 27.7 Å². The molecule has 30 heavy (non-hydrogen) atoms. The molecule has 0 atom stereocenters. The van der Waals surface area contributed by atoms with Crippen molar-refractivity contribution in [2.45, 2.75) is 81.6 Å². The molecule has 1 N–H and O–H groups in total. The molecule has 0 amide bonds. The number of carboxylic acids is 1. The molecule has 2 aromatic carbocycles. The molecule has 0 aliphatic carbocycles. The summed E-state index contributed by atoms with van der Waals surface area (Å²) in [5.41, 5.74) is 4.74. The van der Waals surface area contributed by atoms with E-state index in [-0.39, 0.29) is 6.42 Å². The molecule has 0 heterocycles. The van der Waals surface area contributed by atoms with Gasteiger partial charge in [-0.25, -0.2) is 0 Å². The molecule has 0 spiro atoms. The monoisotopic (exact) mass is 416 g/mol. The summed E-state index contributed by atoms with van der Waals surface area (Å²) < 4.78 is 12.0. The van der Waals surface area contributed by atoms with Gasteiger partial charge >= 0.3 is 5.97 Å². The first-order valence-corrected chi connectivity index (χ1v) is 11.1. The van der Waals surface area contributed by atoms with Crippen LogP contribution >= 0.6 is 0 Å². The average molecular weight is 417 g/mol. The van der Waals surface area contributed by atoms with Gasteiger partial charge in [-0.05, 0) is 74.1 Å². The molecule has 4 heteroatoms. The van der Waals surface area contributed by atoms with Gasteiger partial charge in [0.05, 0.1) is 13.0 Å². The number of benzene rings is 2. The van der Waals surface area contributed by atoms with E-state index in [2.05, 4.69) is 6.92 Å². The maximum atomic E-state index is 10.9. The summed E-state index contributed by atoms with van der Waals surface area (Å²) in [5, 5.41) is 8.97. The number of unbranched alkanes of at least 4 members (excludes halogenated alkanes) is 1. The zero-order valence-corrected chi connectivity index (χ0v) is 20.3. The van der Waals surface area contributed by atoms with Gasteiger partial charge in [0.25, 0.3) is 0 Å². The number of ether oxygens (including phenoxy) is 2. The van der Waals surface area contributed by atoms with E-state index in [0.717, 1.165) is 64.5 Å². The lowest BCUT2D eigenvalue weighted by molar-refractivity contribution is -0.136. The molecule has 2 aromatic rings. The van der Waals surface area contributed by atoms with Crippen LogP contribution in [0.1, 0.15) is 75.3 Å². The Morgan fingerprint density at radius 2 is 1.30 bits per heavy atom. The summed E-state index contributed by atoms with van der Waals surface area (Å²) in [6, 6.07) is 7.72. The molecule has 2 rings (SSSR count). The molecule has 0 aromatic heterocycles. The minimum Gasteiger partial charge on any atom is -0.493 e. The number of rotatable bonds is 8. The zero-order valence-electron chi connectivity index (χ0n) is 20.3. The third-order valence-electron chi connectivity index (χ3n) is 4.27. The number of hydrogen-bond donors (Lipinski definition) is 1. The third kappa shape index (κ3) is 8.48. The predicted molar refractivity (Wildman–Crippen MR) is 126 cm³/mol. The molecule has 0 aliphatic rings. The number of aliphatic carboxylic acids is 1. The summed E-state index contributed by atoms with van der Waals surface area (Å²) in [6.07, 6.45) is 2.16. The molecular weight excluding hydrogens is 376 g/mol. The second-order valence-corrected chi connectivity index (χ2v) is 6.82. The van der Waals surface area contributed by atoms with Crippen molar-refractivity contribution in [2.75, 3.05) is 6.61 Å². The van der Waals surface area contributed by atoms with E-state index >= 15 is 0 Å². The van der Waals surface area contributed by atoms with E-state index in [1.165, 1.54) is 0 Å². The average Bonchev–Trinajstić information content (AvgIpc) is 2.69. The highest BCUT2D eigenvalue weighted by molar-refractivity contribution is 5.70. The van der Waals surface area contributed by atoms with Crippen LogP contribution in [0.3, 0.4) is 0 Å². The van der Waals surface area contributed by atoms with Gasteiger partial charge < -0.3 is 14.6 Å². The Morgan fingerprint density at radius 3 is 1.73 bits per heavy atom. The van der Waals surface area contributed by atoms with Crippen molar-refractivity contribution in [2.24, 2.45) is 0 Å². The minimum atomic E-state index is -0.831. The Hall–Kier alpha value is -2.49. The first-order valence-electron chi connectivity index (χ1n) is 11.1. The van der Waals surface area contributed by atoms with Gasteiger partial charge in [-0.1, -0.05) is 53.2 Å². The van der Waals surface area contributed by atoms with E-state index in [4.69, 9.17) is 14.6 Å². The first-order chi connectivity index (χ1) is 14.3. The Bertz CT molecular complexity index is 748. The van der Waals surface area contributed by atoms with Gasteiger partial charge in [0.2, 0.25) is 0 Å². The van der Waals surface area contributed by atoms with Crippen molar-refractivity contribution in [3.63, 3.8) is 0 Å². The molecule has 0 saturated heterocycles. The van der Waals surface area contributed by atoms with Crippen LogP contribution in [-0.2, 0) is 11.2 Å². The summed E-state index contributed by atoms with van der Waals surface area (Å²) in [6.45, 7) is 18.8. The van der Waals surface area contributed by atoms with Crippen LogP contribution in [0.4, 0.5) is 0 Å². The summed E-state index contributed by atoms with van der Waals surface area (Å²) in [4.78, 5) is 10.9. The largest absolute Gasteiger partial charge is 0.493 e. The number of carbonyl (C=O) groups is 1. The smallest absolute Gasteiger partial charge is 0.307 e. The van der Waals surface area contributed by atoms with Crippen LogP contribution in [0.25, 0.3) is 0 Å². The van der Waals surface area contributed by atoms with Crippen LogP contribution in [0.2, 0.25) is 0 Å². The topological polar surface area (TPSA) is 55.8 Å². The fourth-order valence-corrected chi connectivity index (χ4v) is 3.11. The van der Waals surface area contributed by atoms with Crippen LogP contribution < -0.4 is 9.47 Å². The molecule has 168 valence electrons. The van der Waals surface area contributed by atoms with Gasteiger partial charge in [0, 0.05) is 0 Å². The van der Waals surface area contributed by atoms with Gasteiger partial charge in [-0.3, -0.25) is 4.79 Å². The van der Waals surface area contributed by atoms with Crippen molar-refractivity contribution in [3.8, 4) is 17.2 Å². The summed E-state index contributed by atoms with van der Waals surface area (Å²) >= 11 is 0. The fourth-order valence-electron chi connectivity index (χ4n) is 3.11. The molecule has 0 radical (unpaired) electrons. The third-order valence-corrected chi connectivity index (χ3v) is 4.27. The van der Waals surface area contributed by atoms with E-state index in [1.54, 1.807) is 0 Å². The SMILES string of the molecule is CC.CC.CCCCOc1c(C)cc(Oc2c(C)cc(CC(=O)O)cc2C)cc1C. The highest BCUT2D eigenvalue weighted by Gasteiger charge is 2.12. The van der Waals surface area contributed by atoms with Crippen LogP contribution in [-0.4, -0.2) is 17.7 Å². The second-order valence-electron chi connectivity index (χ2n) is 6.82. The summed E-state index contributed by atoms with van der Waals surface area (Å²) in [7, 11) is 0. The molecular formula is C26H40O4. The molecule has 0 bridgehead atoms. The number of aryl methyl sites for hydroxylation is 4. The Morgan fingerprint density at radius 1 is 0.833 bits per heavy atom. The van der Waals surface area contributed by atoms with Gasteiger partial charge in [-0.15, -0.1) is 0 Å². The maximum Gasteiger partial charge on any atom is 0.307 e. The van der Waals surface area contributed by atoms with Crippen LogP contribution in [0.15, 0.2) is 24.3 Å². The lowest BCUT2D eigenvalue weighted by atomic mass is 10.0. The fraction of sp³-hybridized carbons (Fsp3) is 0.500. The maximum absolute atomic E-state index is 10.9. The van der Waals surface area contributed by atoms with Gasteiger partial charge in [-0.2, -0.15) is 0 Å². The molecule has 0 aliphatic heterocycles. The summed E-state index contributed by atoms with van der Waals surface area (Å²) in [5.74, 6) is 1.64. The first kappa shape index (κ1) is 27.5. The van der Waals surface area contributed by atoms with E-state index in [0.29, 0.717) is 0 Å². The Balaban J connectivity index is 0.00000198. The van der Waals surface area contributed by atoms with Gasteiger partial charge in [0.1, 0.15) is 17.2 Å². The molecule has 0 saturated carbocycles. The van der Waals surface area contributed by atoms with Crippen molar-refractivity contribution in [3.05, 3.63) is 52.1 Å². The lowest BCUT2D eigenvalue weighted by Gasteiger charge is -2.17. The number of hydrogen-bond acceptors (Lipinski definition) is 3. The number of carboxylic acid groups (broad SMARTS) is 1. The van der Waals surface area contributed by atoms with Crippen molar-refractivity contribution < 1.29 is 19.4 Å². The standard InChI is InChI=1S/C22H28O4.2C2H6/c1-6-7-8-25-21-16(4)11-19(12-17(21)5)26-22-14(2)9-18(10-15(22)3)13-20(23)24;2*1-2/h9-12H,6-8,13H2,1-5H3,(H,23,24);2*1-2H3. The van der Waals surface area contributed by atoms with E-state index in [9.17, 15) is 4.79 Å². The zero-order chi connectivity index (χ0) is 23.3. The highest BCUT2D eigenvalue weighted by atomic mass is 16.5. The molecule has 0 unspecified atom stereocenters. The highest BCUT2D eigenvalue weighted by Crippen LogP contribution is 2.34. The van der Waals surface area contributed by atoms with Crippen LogP contribution in [0.5, 0.6) is 17.2 Å². The van der Waals surface area contributed by atoms with Crippen molar-refractivity contribution in [1.29, 1.82) is 0 Å². The quantitative estimate of drug-likeness (QED) is 0.451. The van der Waals surface area contributed by atoms with Crippen molar-refractivity contribution >= 4 is 5.97 Å². The Labute approximate surface area is 183 Å². The van der Waals surface area contributed by atoms with Gasteiger partial charge in [0.15, 0.2) is 0 Å². The van der Waals surface area contributed by atoms with Crippen molar-refractivity contribution in [1.82, 2.24) is 0 Å². The lowest BCUT2D eigenvalue weighted by Crippen LogP contribution is -2.03. The van der Waals surface area contributed by atoms with E-state index in [1.807, 2.05) is 79.7 Å². The Kier molecular flexibility index (Phi) is 13.3. The molecule has 0 fully saturated rings. The minimum absolute atomic E-state index is 0.0178. The predicted octanol–water partition coefficient (Wildman–Crippen LogP) is 7.57.